The molecule has 8 heteroatoms. The minimum Gasteiger partial charge on any atom is -0.459 e. The highest BCUT2D eigenvalue weighted by atomic mass is 16.6. The lowest BCUT2D eigenvalue weighted by Crippen LogP contribution is -2.54. The van der Waals surface area contributed by atoms with Gasteiger partial charge in [0, 0.05) is 19.5 Å². The van der Waals surface area contributed by atoms with Crippen LogP contribution in [0.25, 0.3) is 0 Å². The van der Waals surface area contributed by atoms with Crippen molar-refractivity contribution >= 4 is 11.9 Å². The van der Waals surface area contributed by atoms with Gasteiger partial charge in [-0.05, 0) is 31.4 Å². The predicted octanol–water partition coefficient (Wildman–Crippen LogP) is -0.721. The first-order valence-corrected chi connectivity index (χ1v) is 8.69. The summed E-state index contributed by atoms with van der Waals surface area (Å²) >= 11 is 0. The molecule has 0 aromatic carbocycles. The maximum Gasteiger partial charge on any atom is 0.342 e. The number of carbonyl (C=O) groups excluding carboxylic acids is 2. The van der Waals surface area contributed by atoms with Crippen LogP contribution in [0, 0.1) is 0 Å². The number of carbonyl (C=O) groups is 2. The van der Waals surface area contributed by atoms with Crippen LogP contribution in [0.1, 0.15) is 26.7 Å². The van der Waals surface area contributed by atoms with Gasteiger partial charge in [0.1, 0.15) is 12.7 Å². The zero-order chi connectivity index (χ0) is 19.3. The fourth-order valence-corrected chi connectivity index (χ4v) is 3.69. The van der Waals surface area contributed by atoms with E-state index in [0.717, 1.165) is 5.57 Å². The van der Waals surface area contributed by atoms with Crippen LogP contribution in [0.15, 0.2) is 23.8 Å². The van der Waals surface area contributed by atoms with Crippen LogP contribution in [0.3, 0.4) is 0 Å². The lowest BCUT2D eigenvalue weighted by Gasteiger charge is -2.35. The fourth-order valence-electron chi connectivity index (χ4n) is 3.69. The molecule has 144 valence electrons. The molecule has 3 heterocycles. The monoisotopic (exact) mass is 367 g/mol. The molecule has 3 rings (SSSR count). The van der Waals surface area contributed by atoms with Crippen LogP contribution >= 0.6 is 0 Å². The number of aliphatic hydroxyl groups is 3. The van der Waals surface area contributed by atoms with E-state index in [0.29, 0.717) is 19.5 Å². The number of nitrogens with zero attached hydrogens (tertiary/aromatic N) is 1. The summed E-state index contributed by atoms with van der Waals surface area (Å²) in [6, 6.07) is -0.238. The summed E-state index contributed by atoms with van der Waals surface area (Å²) in [5.74, 6) is -1.91. The minimum absolute atomic E-state index is 0.0157. The molecule has 0 aromatic heterocycles. The number of hydrogen-bond acceptors (Lipinski definition) is 8. The van der Waals surface area contributed by atoms with Gasteiger partial charge in [-0.1, -0.05) is 12.7 Å². The van der Waals surface area contributed by atoms with Gasteiger partial charge in [0.05, 0.1) is 12.1 Å². The highest BCUT2D eigenvalue weighted by Gasteiger charge is 2.51. The summed E-state index contributed by atoms with van der Waals surface area (Å²) in [7, 11) is 0. The number of cyclic esters (lactones) is 1. The summed E-state index contributed by atoms with van der Waals surface area (Å²) in [6.07, 6.45) is -0.0363. The Kier molecular flexibility index (Phi) is 4.72. The van der Waals surface area contributed by atoms with Crippen molar-refractivity contribution in [1.82, 2.24) is 4.90 Å². The molecule has 2 saturated heterocycles. The van der Waals surface area contributed by atoms with E-state index >= 15 is 0 Å². The van der Waals surface area contributed by atoms with Crippen LogP contribution < -0.4 is 0 Å². The molecule has 3 aliphatic heterocycles. The SMILES string of the molecule is C=C1C[C@](O)([C@@H](C)O)C(=O)O[C@@H]2CCN3CC=C(COC(=O)[C@]1(C)O)[C@H]23. The molecule has 3 N–H and O–H groups in total. The summed E-state index contributed by atoms with van der Waals surface area (Å²) in [5.41, 5.74) is -3.79. The number of esters is 2. The third-order valence-electron chi connectivity index (χ3n) is 5.66. The second kappa shape index (κ2) is 6.45. The van der Waals surface area contributed by atoms with Crippen molar-refractivity contribution in [2.75, 3.05) is 19.7 Å². The van der Waals surface area contributed by atoms with Gasteiger partial charge in [-0.2, -0.15) is 0 Å². The van der Waals surface area contributed by atoms with Crippen molar-refractivity contribution in [2.24, 2.45) is 0 Å². The third kappa shape index (κ3) is 2.96. The van der Waals surface area contributed by atoms with Crippen LogP contribution in [0.2, 0.25) is 0 Å². The quantitative estimate of drug-likeness (QED) is 0.411. The Balaban J connectivity index is 1.98. The average Bonchev–Trinajstić information content (AvgIpc) is 3.14. The minimum atomic E-state index is -2.32. The van der Waals surface area contributed by atoms with E-state index in [4.69, 9.17) is 9.47 Å². The van der Waals surface area contributed by atoms with Crippen LogP contribution in [0.4, 0.5) is 0 Å². The molecule has 0 amide bonds. The van der Waals surface area contributed by atoms with Gasteiger partial charge >= 0.3 is 11.9 Å². The highest BCUT2D eigenvalue weighted by Crippen LogP contribution is 2.35. The highest BCUT2D eigenvalue weighted by molar-refractivity contribution is 5.85. The van der Waals surface area contributed by atoms with Gasteiger partial charge in [0.2, 0.25) is 0 Å². The van der Waals surface area contributed by atoms with Crippen molar-refractivity contribution in [3.8, 4) is 0 Å². The van der Waals surface area contributed by atoms with E-state index in [1.807, 2.05) is 6.08 Å². The molecular weight excluding hydrogens is 342 g/mol. The van der Waals surface area contributed by atoms with E-state index in [-0.39, 0.29) is 18.2 Å². The molecular formula is C18H25NO7. The Bertz CT molecular complexity index is 668. The molecule has 0 unspecified atom stereocenters. The fraction of sp³-hybridized carbons (Fsp3) is 0.667. The average molecular weight is 367 g/mol. The first kappa shape index (κ1) is 19.0. The first-order chi connectivity index (χ1) is 12.1. The summed E-state index contributed by atoms with van der Waals surface area (Å²) in [4.78, 5) is 27.1. The molecule has 8 nitrogen and oxygen atoms in total. The van der Waals surface area contributed by atoms with Gasteiger partial charge in [0.25, 0.3) is 0 Å². The smallest absolute Gasteiger partial charge is 0.342 e. The Morgan fingerprint density at radius 3 is 2.69 bits per heavy atom. The van der Waals surface area contributed by atoms with E-state index in [2.05, 4.69) is 11.5 Å². The van der Waals surface area contributed by atoms with Crippen molar-refractivity contribution in [3.63, 3.8) is 0 Å². The van der Waals surface area contributed by atoms with Crippen LogP contribution in [0.5, 0.6) is 0 Å². The predicted molar refractivity (Wildman–Crippen MR) is 89.9 cm³/mol. The van der Waals surface area contributed by atoms with Gasteiger partial charge in [-0.25, -0.2) is 9.59 Å². The van der Waals surface area contributed by atoms with E-state index in [9.17, 15) is 24.9 Å². The molecule has 0 aromatic rings. The van der Waals surface area contributed by atoms with Crippen molar-refractivity contribution < 1.29 is 34.4 Å². The van der Waals surface area contributed by atoms with Crippen molar-refractivity contribution in [1.29, 1.82) is 0 Å². The van der Waals surface area contributed by atoms with Gasteiger partial charge < -0.3 is 24.8 Å². The van der Waals surface area contributed by atoms with Crippen LogP contribution in [-0.2, 0) is 19.1 Å². The Morgan fingerprint density at radius 2 is 2.04 bits per heavy atom. The first-order valence-electron chi connectivity index (χ1n) is 8.69. The summed E-state index contributed by atoms with van der Waals surface area (Å²) in [6.45, 7) is 7.38. The molecule has 26 heavy (non-hydrogen) atoms. The zero-order valence-corrected chi connectivity index (χ0v) is 15.0. The van der Waals surface area contributed by atoms with E-state index < -0.39 is 41.8 Å². The maximum absolute atomic E-state index is 12.7. The maximum atomic E-state index is 12.7. The Morgan fingerprint density at radius 1 is 1.35 bits per heavy atom. The third-order valence-corrected chi connectivity index (χ3v) is 5.66. The molecule has 0 bridgehead atoms. The van der Waals surface area contributed by atoms with E-state index in [1.54, 1.807) is 0 Å². The topological polar surface area (TPSA) is 117 Å². The summed E-state index contributed by atoms with van der Waals surface area (Å²) in [5, 5.41) is 31.3. The Labute approximate surface area is 151 Å². The second-order valence-corrected chi connectivity index (χ2v) is 7.48. The molecule has 0 radical (unpaired) electrons. The van der Waals surface area contributed by atoms with Gasteiger partial charge in [0.15, 0.2) is 11.2 Å². The van der Waals surface area contributed by atoms with Crippen molar-refractivity contribution in [2.45, 2.75) is 56.1 Å². The number of rotatable bonds is 1. The number of hydrogen-bond donors (Lipinski definition) is 3. The van der Waals surface area contributed by atoms with Crippen LogP contribution in [-0.4, -0.2) is 81.3 Å². The standard InChI is InChI=1S/C18H25NO7/c1-10-8-18(24,11(2)20)16(22)26-13-5-7-19-6-4-12(14(13)19)9-25-15(21)17(10,3)23/h4,11,13-14,20,23-24H,1,5-9H2,2-3H3/t11-,13-,14-,17-,18+/m1/s1. The zero-order valence-electron chi connectivity index (χ0n) is 15.0. The normalized spacial score (nSPS) is 40.0. The molecule has 2 fully saturated rings. The number of aliphatic hydroxyl groups excluding tert-OH is 1. The van der Waals surface area contributed by atoms with Gasteiger partial charge in [-0.15, -0.1) is 0 Å². The molecule has 5 atom stereocenters. The van der Waals surface area contributed by atoms with Gasteiger partial charge in [-0.3, -0.25) is 4.90 Å². The Hall–Kier alpha value is -1.74. The number of ether oxygens (including phenoxy) is 2. The lowest BCUT2D eigenvalue weighted by atomic mass is 9.83. The largest absolute Gasteiger partial charge is 0.459 e. The lowest BCUT2D eigenvalue weighted by molar-refractivity contribution is -0.185. The molecule has 3 aliphatic rings. The molecule has 0 aliphatic carbocycles. The van der Waals surface area contributed by atoms with E-state index in [1.165, 1.54) is 13.8 Å². The molecule has 0 saturated carbocycles. The molecule has 0 spiro atoms. The second-order valence-electron chi connectivity index (χ2n) is 7.48. The van der Waals surface area contributed by atoms with Crippen molar-refractivity contribution in [3.05, 3.63) is 23.8 Å². The summed E-state index contributed by atoms with van der Waals surface area (Å²) < 4.78 is 10.8.